The number of benzene rings is 2. The van der Waals surface area contributed by atoms with E-state index in [1.54, 1.807) is 6.07 Å². The van der Waals surface area contributed by atoms with E-state index in [4.69, 9.17) is 4.74 Å². The molecular formula is C27H32F6N2O3. The van der Waals surface area contributed by atoms with Gasteiger partial charge in [-0.1, -0.05) is 19.9 Å². The Kier molecular flexibility index (Phi) is 8.90. The Morgan fingerprint density at radius 2 is 1.53 bits per heavy atom. The molecule has 2 aromatic rings. The van der Waals surface area contributed by atoms with Gasteiger partial charge in [0.15, 0.2) is 11.5 Å². The first-order valence-electron chi connectivity index (χ1n) is 12.3. The number of aromatic hydroxyl groups is 1. The summed E-state index contributed by atoms with van der Waals surface area (Å²) < 4.78 is 86.0. The van der Waals surface area contributed by atoms with Crippen LogP contribution in [0, 0.1) is 11.3 Å². The largest absolute Gasteiger partial charge is 0.504 e. The summed E-state index contributed by atoms with van der Waals surface area (Å²) in [6, 6.07) is 5.81. The molecule has 38 heavy (non-hydrogen) atoms. The molecule has 0 unspecified atom stereocenters. The number of carbonyl (C=O) groups is 1. The van der Waals surface area contributed by atoms with Crippen molar-refractivity contribution in [1.29, 1.82) is 0 Å². The summed E-state index contributed by atoms with van der Waals surface area (Å²) in [5.74, 6) is -0.216. The van der Waals surface area contributed by atoms with Crippen LogP contribution in [-0.2, 0) is 30.2 Å². The monoisotopic (exact) mass is 546 g/mol. The molecule has 0 atom stereocenters. The first-order valence-corrected chi connectivity index (χ1v) is 12.3. The summed E-state index contributed by atoms with van der Waals surface area (Å²) in [6.45, 7) is 4.47. The maximum Gasteiger partial charge on any atom is 0.416 e. The van der Waals surface area contributed by atoms with Crippen LogP contribution >= 0.6 is 0 Å². The van der Waals surface area contributed by atoms with Crippen molar-refractivity contribution in [2.75, 3.05) is 20.2 Å². The third-order valence-electron chi connectivity index (χ3n) is 6.74. The molecule has 1 amide bonds. The molecule has 1 heterocycles. The Bertz CT molecular complexity index is 1090. The predicted molar refractivity (Wildman–Crippen MR) is 129 cm³/mol. The number of nitrogens with zero attached hydrogens (tertiary/aromatic N) is 1. The summed E-state index contributed by atoms with van der Waals surface area (Å²) in [6.07, 6.45) is -8.50. The second-order valence-electron chi connectivity index (χ2n) is 10.2. The highest BCUT2D eigenvalue weighted by molar-refractivity contribution is 5.83. The zero-order chi connectivity index (χ0) is 28.3. The SMILES string of the molecule is COc1ccc(CN(Cc2cc(C(F)(F)F)cc(C(F)(F)F)c2)C(=O)C2(CC(C)C)CCNCC2)cc1O. The molecule has 1 aliphatic rings. The lowest BCUT2D eigenvalue weighted by Crippen LogP contribution is -2.49. The van der Waals surface area contributed by atoms with Gasteiger partial charge in [0.25, 0.3) is 0 Å². The number of hydrogen-bond acceptors (Lipinski definition) is 4. The van der Waals surface area contributed by atoms with E-state index >= 15 is 0 Å². The molecule has 1 fully saturated rings. The third kappa shape index (κ3) is 7.12. The van der Waals surface area contributed by atoms with Gasteiger partial charge >= 0.3 is 12.4 Å². The topological polar surface area (TPSA) is 61.8 Å². The van der Waals surface area contributed by atoms with Gasteiger partial charge in [-0.3, -0.25) is 4.79 Å². The van der Waals surface area contributed by atoms with E-state index in [2.05, 4.69) is 5.32 Å². The molecule has 11 heteroatoms. The van der Waals surface area contributed by atoms with Crippen LogP contribution in [-0.4, -0.2) is 36.1 Å². The number of methoxy groups -OCH3 is 1. The molecule has 0 saturated carbocycles. The lowest BCUT2D eigenvalue weighted by atomic mass is 9.72. The van der Waals surface area contributed by atoms with Gasteiger partial charge in [-0.25, -0.2) is 0 Å². The Morgan fingerprint density at radius 3 is 2.00 bits per heavy atom. The lowest BCUT2D eigenvalue weighted by molar-refractivity contribution is -0.146. The van der Waals surface area contributed by atoms with Crippen LogP contribution in [0.2, 0.25) is 0 Å². The minimum Gasteiger partial charge on any atom is -0.504 e. The molecule has 210 valence electrons. The van der Waals surface area contributed by atoms with Crippen LogP contribution < -0.4 is 10.1 Å². The number of phenolic OH excluding ortho intramolecular Hbond substituents is 1. The van der Waals surface area contributed by atoms with Crippen molar-refractivity contribution >= 4 is 5.91 Å². The smallest absolute Gasteiger partial charge is 0.416 e. The first kappa shape index (κ1) is 29.6. The Morgan fingerprint density at radius 1 is 0.974 bits per heavy atom. The highest BCUT2D eigenvalue weighted by Gasteiger charge is 2.43. The van der Waals surface area contributed by atoms with Crippen LogP contribution in [0.15, 0.2) is 36.4 Å². The van der Waals surface area contributed by atoms with Gasteiger partial charge < -0.3 is 20.1 Å². The average Bonchev–Trinajstić information content (AvgIpc) is 2.82. The van der Waals surface area contributed by atoms with E-state index in [0.29, 0.717) is 50.0 Å². The minimum atomic E-state index is -5.00. The van der Waals surface area contributed by atoms with E-state index in [1.165, 1.54) is 24.1 Å². The predicted octanol–water partition coefficient (Wildman–Crippen LogP) is 6.38. The number of alkyl halides is 6. The number of amides is 1. The number of halogens is 6. The number of nitrogens with one attached hydrogen (secondary N) is 1. The van der Waals surface area contributed by atoms with Gasteiger partial charge in [0.05, 0.1) is 23.7 Å². The standard InChI is InChI=1S/C27H32F6N2O3/c1-17(2)14-25(6-8-34-9-7-25)24(37)35(15-18-4-5-23(38-3)22(36)12-18)16-19-10-20(26(28,29)30)13-21(11-19)27(31,32)33/h4-5,10-13,17,34,36H,6-9,14-16H2,1-3H3. The molecule has 2 aromatic carbocycles. The first-order chi connectivity index (χ1) is 17.6. The van der Waals surface area contributed by atoms with Gasteiger partial charge in [0, 0.05) is 13.1 Å². The molecule has 1 aliphatic heterocycles. The van der Waals surface area contributed by atoms with Crippen molar-refractivity contribution in [3.05, 3.63) is 58.7 Å². The molecule has 0 aliphatic carbocycles. The zero-order valence-electron chi connectivity index (χ0n) is 21.5. The minimum absolute atomic E-state index is 0.0736. The van der Waals surface area contributed by atoms with Crippen molar-refractivity contribution in [3.8, 4) is 11.5 Å². The second kappa shape index (κ2) is 11.4. The maximum absolute atomic E-state index is 14.1. The molecule has 0 bridgehead atoms. The van der Waals surface area contributed by atoms with E-state index in [1.807, 2.05) is 13.8 Å². The highest BCUT2D eigenvalue weighted by Crippen LogP contribution is 2.40. The fraction of sp³-hybridized carbons (Fsp3) is 0.519. The van der Waals surface area contributed by atoms with Crippen LogP contribution in [0.25, 0.3) is 0 Å². The molecule has 1 saturated heterocycles. The Hall–Kier alpha value is -2.95. The normalized spacial score (nSPS) is 15.9. The van der Waals surface area contributed by atoms with E-state index in [0.717, 1.165) is 0 Å². The zero-order valence-corrected chi connectivity index (χ0v) is 21.5. The molecule has 3 rings (SSSR count). The number of piperidine rings is 1. The van der Waals surface area contributed by atoms with Crippen molar-refractivity contribution in [1.82, 2.24) is 10.2 Å². The number of rotatable bonds is 8. The number of phenols is 1. The molecule has 0 radical (unpaired) electrons. The van der Waals surface area contributed by atoms with Gasteiger partial charge in [-0.05, 0) is 79.7 Å². The maximum atomic E-state index is 14.1. The lowest BCUT2D eigenvalue weighted by Gasteiger charge is -2.41. The molecule has 0 aromatic heterocycles. The van der Waals surface area contributed by atoms with Crippen molar-refractivity contribution in [3.63, 3.8) is 0 Å². The fourth-order valence-electron chi connectivity index (χ4n) is 5.11. The Balaban J connectivity index is 2.08. The van der Waals surface area contributed by atoms with E-state index in [9.17, 15) is 36.2 Å². The number of hydrogen-bond donors (Lipinski definition) is 2. The number of carbonyl (C=O) groups excluding carboxylic acids is 1. The van der Waals surface area contributed by atoms with Gasteiger partial charge in [0.1, 0.15) is 0 Å². The average molecular weight is 547 g/mol. The summed E-state index contributed by atoms with van der Waals surface area (Å²) in [7, 11) is 1.36. The number of ether oxygens (including phenoxy) is 1. The van der Waals surface area contributed by atoms with E-state index < -0.39 is 35.4 Å². The molecule has 5 nitrogen and oxygen atoms in total. The molecule has 0 spiro atoms. The molecule has 2 N–H and O–H groups in total. The Labute approximate surface area is 217 Å². The summed E-state index contributed by atoms with van der Waals surface area (Å²) in [5, 5.41) is 13.4. The second-order valence-corrected chi connectivity index (χ2v) is 10.2. The fourth-order valence-corrected chi connectivity index (χ4v) is 5.11. The van der Waals surface area contributed by atoms with Crippen LogP contribution in [0.3, 0.4) is 0 Å². The van der Waals surface area contributed by atoms with Crippen LogP contribution in [0.1, 0.15) is 55.4 Å². The van der Waals surface area contributed by atoms with Gasteiger partial charge in [-0.2, -0.15) is 26.3 Å². The van der Waals surface area contributed by atoms with Gasteiger partial charge in [-0.15, -0.1) is 0 Å². The van der Waals surface area contributed by atoms with Gasteiger partial charge in [0.2, 0.25) is 5.91 Å². The quantitative estimate of drug-likeness (QED) is 0.377. The molecular weight excluding hydrogens is 514 g/mol. The van der Waals surface area contributed by atoms with Crippen molar-refractivity contribution in [2.45, 2.75) is 58.6 Å². The van der Waals surface area contributed by atoms with E-state index in [-0.39, 0.29) is 41.5 Å². The van der Waals surface area contributed by atoms with Crippen molar-refractivity contribution in [2.24, 2.45) is 11.3 Å². The van der Waals surface area contributed by atoms with Crippen molar-refractivity contribution < 1.29 is 41.0 Å². The van der Waals surface area contributed by atoms with Crippen LogP contribution in [0.5, 0.6) is 11.5 Å². The highest BCUT2D eigenvalue weighted by atomic mass is 19.4. The summed E-state index contributed by atoms with van der Waals surface area (Å²) in [5.41, 5.74) is -3.52. The van der Waals surface area contributed by atoms with Crippen LogP contribution in [0.4, 0.5) is 26.3 Å². The summed E-state index contributed by atoms with van der Waals surface area (Å²) >= 11 is 0. The third-order valence-corrected chi connectivity index (χ3v) is 6.74. The summed E-state index contributed by atoms with van der Waals surface area (Å²) in [4.78, 5) is 15.4.